The Balaban J connectivity index is 2.17. The Morgan fingerprint density at radius 3 is 2.62 bits per heavy atom. The number of amides is 2. The average Bonchev–Trinajstić information content (AvgIpc) is 3.19. The number of terminal acetylenes is 1. The summed E-state index contributed by atoms with van der Waals surface area (Å²) in [4.78, 5) is 27.5. The highest BCUT2D eigenvalue weighted by Crippen LogP contribution is 2.36. The molecule has 1 saturated carbocycles. The number of carboxylic acid groups (broad SMARTS) is 1. The smallest absolute Gasteiger partial charge is 0.327 e. The number of carbonyl (C=O) groups is 2. The number of hydrogen-bond acceptors (Lipinski definition) is 2. The molecule has 1 aliphatic heterocycles. The zero-order valence-electron chi connectivity index (χ0n) is 12.8. The predicted molar refractivity (Wildman–Crippen MR) is 79.7 cm³/mol. The van der Waals surface area contributed by atoms with Crippen LogP contribution in [0.2, 0.25) is 0 Å². The number of likely N-dealkylation sites (tertiary alicyclic amines) is 1. The van der Waals surface area contributed by atoms with E-state index in [2.05, 4.69) is 5.92 Å². The molecule has 2 amide bonds. The van der Waals surface area contributed by atoms with Gasteiger partial charge in [-0.15, -0.1) is 6.42 Å². The van der Waals surface area contributed by atoms with E-state index in [0.29, 0.717) is 19.0 Å². The Morgan fingerprint density at radius 2 is 2.10 bits per heavy atom. The molecule has 0 aromatic carbocycles. The van der Waals surface area contributed by atoms with Crippen LogP contribution in [0.4, 0.5) is 4.79 Å². The second-order valence-electron chi connectivity index (χ2n) is 6.84. The van der Waals surface area contributed by atoms with Crippen molar-refractivity contribution in [2.24, 2.45) is 11.3 Å². The highest BCUT2D eigenvalue weighted by Gasteiger charge is 2.45. The van der Waals surface area contributed by atoms with E-state index >= 15 is 0 Å². The van der Waals surface area contributed by atoms with Crippen LogP contribution >= 0.6 is 0 Å². The van der Waals surface area contributed by atoms with Gasteiger partial charge in [0.1, 0.15) is 6.04 Å². The molecule has 116 valence electrons. The summed E-state index contributed by atoms with van der Waals surface area (Å²) >= 11 is 0. The first kappa shape index (κ1) is 15.7. The van der Waals surface area contributed by atoms with Crippen molar-refractivity contribution in [1.82, 2.24) is 9.80 Å². The van der Waals surface area contributed by atoms with Crippen LogP contribution in [0, 0.1) is 23.7 Å². The lowest BCUT2D eigenvalue weighted by atomic mass is 9.76. The van der Waals surface area contributed by atoms with Crippen molar-refractivity contribution in [2.45, 2.75) is 45.6 Å². The van der Waals surface area contributed by atoms with Crippen LogP contribution in [0.25, 0.3) is 0 Å². The fourth-order valence-corrected chi connectivity index (χ4v) is 3.18. The van der Waals surface area contributed by atoms with Gasteiger partial charge >= 0.3 is 12.0 Å². The molecule has 0 radical (unpaired) electrons. The molecule has 5 nitrogen and oxygen atoms in total. The quantitative estimate of drug-likeness (QED) is 0.806. The van der Waals surface area contributed by atoms with Gasteiger partial charge in [0.25, 0.3) is 0 Å². The Hall–Kier alpha value is -1.70. The van der Waals surface area contributed by atoms with Crippen LogP contribution in [0.15, 0.2) is 0 Å². The molecule has 1 N–H and O–H groups in total. The average molecular weight is 292 g/mol. The summed E-state index contributed by atoms with van der Waals surface area (Å²) in [7, 11) is 0. The minimum atomic E-state index is -0.930. The molecule has 2 fully saturated rings. The summed E-state index contributed by atoms with van der Waals surface area (Å²) in [6, 6.07) is -1.00. The van der Waals surface area contributed by atoms with Crippen LogP contribution in [0.3, 0.4) is 0 Å². The fourth-order valence-electron chi connectivity index (χ4n) is 3.18. The lowest BCUT2D eigenvalue weighted by Crippen LogP contribution is -2.59. The Labute approximate surface area is 126 Å². The Morgan fingerprint density at radius 1 is 1.43 bits per heavy atom. The minimum absolute atomic E-state index is 0.222. The molecular formula is C16H24N2O3. The van der Waals surface area contributed by atoms with Gasteiger partial charge in [-0.2, -0.15) is 0 Å². The number of aliphatic carboxylic acids is 1. The summed E-state index contributed by atoms with van der Waals surface area (Å²) in [5.41, 5.74) is -0.416. The monoisotopic (exact) mass is 292 g/mol. The largest absolute Gasteiger partial charge is 0.480 e. The van der Waals surface area contributed by atoms with Crippen LogP contribution in [-0.4, -0.2) is 52.6 Å². The second kappa shape index (κ2) is 5.97. The van der Waals surface area contributed by atoms with Gasteiger partial charge in [0.05, 0.1) is 6.54 Å². The van der Waals surface area contributed by atoms with Gasteiger partial charge in [0, 0.05) is 13.1 Å². The van der Waals surface area contributed by atoms with Gasteiger partial charge in [0.2, 0.25) is 0 Å². The van der Waals surface area contributed by atoms with E-state index in [-0.39, 0.29) is 12.6 Å². The molecule has 2 aliphatic rings. The summed E-state index contributed by atoms with van der Waals surface area (Å²) in [6.07, 6.45) is 9.26. The van der Waals surface area contributed by atoms with Crippen molar-refractivity contribution in [3.63, 3.8) is 0 Å². The normalized spacial score (nSPS) is 24.2. The molecule has 1 saturated heterocycles. The molecule has 0 aromatic heterocycles. The highest BCUT2D eigenvalue weighted by molar-refractivity contribution is 5.84. The standard InChI is InChI=1S/C16H24N2O3/c1-4-9-17(11-12-6-7-12)15(21)18-10-5-8-16(2,3)13(18)14(19)20/h1,12-13H,5-11H2,2-3H3,(H,19,20). The minimum Gasteiger partial charge on any atom is -0.480 e. The van der Waals surface area contributed by atoms with E-state index in [9.17, 15) is 14.7 Å². The molecule has 21 heavy (non-hydrogen) atoms. The van der Waals surface area contributed by atoms with Crippen molar-refractivity contribution < 1.29 is 14.7 Å². The molecule has 1 heterocycles. The van der Waals surface area contributed by atoms with Gasteiger partial charge in [-0.25, -0.2) is 9.59 Å². The third-order valence-corrected chi connectivity index (χ3v) is 4.48. The number of hydrogen-bond donors (Lipinski definition) is 1. The third kappa shape index (κ3) is 3.49. The predicted octanol–water partition coefficient (Wildman–Crippen LogP) is 2.03. The number of carbonyl (C=O) groups excluding carboxylic acids is 1. The maximum atomic E-state index is 12.7. The van der Waals surface area contributed by atoms with Crippen molar-refractivity contribution >= 4 is 12.0 Å². The molecule has 0 spiro atoms. The van der Waals surface area contributed by atoms with Crippen molar-refractivity contribution in [3.8, 4) is 12.3 Å². The van der Waals surface area contributed by atoms with E-state index in [4.69, 9.17) is 6.42 Å². The van der Waals surface area contributed by atoms with Crippen molar-refractivity contribution in [2.75, 3.05) is 19.6 Å². The molecule has 0 bridgehead atoms. The molecule has 5 heteroatoms. The Bertz CT molecular complexity index is 463. The van der Waals surface area contributed by atoms with E-state index in [1.165, 1.54) is 4.90 Å². The van der Waals surface area contributed by atoms with Gasteiger partial charge in [-0.1, -0.05) is 19.8 Å². The molecule has 1 aliphatic carbocycles. The van der Waals surface area contributed by atoms with E-state index in [1.807, 2.05) is 13.8 Å². The molecular weight excluding hydrogens is 268 g/mol. The van der Waals surface area contributed by atoms with Gasteiger partial charge in [-0.05, 0) is 37.0 Å². The van der Waals surface area contributed by atoms with Crippen LogP contribution in [0.1, 0.15) is 39.5 Å². The maximum Gasteiger partial charge on any atom is 0.327 e. The molecule has 1 unspecified atom stereocenters. The van der Waals surface area contributed by atoms with Crippen molar-refractivity contribution in [3.05, 3.63) is 0 Å². The fraction of sp³-hybridized carbons (Fsp3) is 0.750. The topological polar surface area (TPSA) is 60.9 Å². The number of carboxylic acids is 1. The zero-order valence-corrected chi connectivity index (χ0v) is 12.8. The summed E-state index contributed by atoms with van der Waals surface area (Å²) in [5.74, 6) is 2.12. The van der Waals surface area contributed by atoms with E-state index in [0.717, 1.165) is 25.7 Å². The van der Waals surface area contributed by atoms with Crippen LogP contribution in [0.5, 0.6) is 0 Å². The summed E-state index contributed by atoms with van der Waals surface area (Å²) in [6.45, 7) is 5.21. The van der Waals surface area contributed by atoms with Gasteiger partial charge in [0.15, 0.2) is 0 Å². The maximum absolute atomic E-state index is 12.7. The van der Waals surface area contributed by atoms with Crippen LogP contribution < -0.4 is 0 Å². The first-order valence-corrected chi connectivity index (χ1v) is 7.58. The first-order chi connectivity index (χ1) is 9.86. The number of piperidine rings is 1. The molecule has 0 aromatic rings. The van der Waals surface area contributed by atoms with Crippen LogP contribution in [-0.2, 0) is 4.79 Å². The number of urea groups is 1. The lowest BCUT2D eigenvalue weighted by molar-refractivity contribution is -0.148. The Kier molecular flexibility index (Phi) is 4.46. The van der Waals surface area contributed by atoms with Gasteiger partial charge < -0.3 is 14.9 Å². The molecule has 1 atom stereocenters. The summed E-state index contributed by atoms with van der Waals surface area (Å²) < 4.78 is 0. The second-order valence-corrected chi connectivity index (χ2v) is 6.84. The van der Waals surface area contributed by atoms with Gasteiger partial charge in [-0.3, -0.25) is 0 Å². The number of rotatable bonds is 4. The highest BCUT2D eigenvalue weighted by atomic mass is 16.4. The zero-order chi connectivity index (χ0) is 15.6. The van der Waals surface area contributed by atoms with E-state index < -0.39 is 17.4 Å². The first-order valence-electron chi connectivity index (χ1n) is 7.58. The van der Waals surface area contributed by atoms with E-state index in [1.54, 1.807) is 4.90 Å². The lowest BCUT2D eigenvalue weighted by Gasteiger charge is -2.45. The molecule has 2 rings (SSSR count). The van der Waals surface area contributed by atoms with Crippen molar-refractivity contribution in [1.29, 1.82) is 0 Å². The third-order valence-electron chi connectivity index (χ3n) is 4.48. The SMILES string of the molecule is C#CCN(CC1CC1)C(=O)N1CCCC(C)(C)C1C(=O)O. The number of nitrogens with zero attached hydrogens (tertiary/aromatic N) is 2. The summed E-state index contributed by atoms with van der Waals surface area (Å²) in [5, 5.41) is 9.55.